The fraction of sp³-hybridized carbons (Fsp3) is 0.333. The van der Waals surface area contributed by atoms with Crippen molar-refractivity contribution in [3.05, 3.63) is 64.4 Å². The fourth-order valence-electron chi connectivity index (χ4n) is 4.08. The Morgan fingerprint density at radius 1 is 1.24 bits per heavy atom. The molecule has 10 heteroatoms. The van der Waals surface area contributed by atoms with Gasteiger partial charge in [0, 0.05) is 24.2 Å². The predicted octanol–water partition coefficient (Wildman–Crippen LogP) is 4.49. The lowest BCUT2D eigenvalue weighted by atomic mass is 10.1. The highest BCUT2D eigenvalue weighted by molar-refractivity contribution is 7.99. The number of halogens is 1. The van der Waals surface area contributed by atoms with Crippen molar-refractivity contribution < 1.29 is 14.3 Å². The zero-order valence-corrected chi connectivity index (χ0v) is 20.8. The molecule has 0 aliphatic carbocycles. The van der Waals surface area contributed by atoms with E-state index in [0.717, 1.165) is 24.2 Å². The summed E-state index contributed by atoms with van der Waals surface area (Å²) in [5, 5.41) is 12.6. The molecule has 1 N–H and O–H groups in total. The topological polar surface area (TPSA) is 89.3 Å². The first-order chi connectivity index (χ1) is 16.4. The summed E-state index contributed by atoms with van der Waals surface area (Å²) >= 11 is 7.32. The summed E-state index contributed by atoms with van der Waals surface area (Å²) in [6.45, 7) is 2.62. The summed E-state index contributed by atoms with van der Waals surface area (Å²) in [6.07, 6.45) is 1.73. The molecule has 34 heavy (non-hydrogen) atoms. The molecule has 1 unspecified atom stereocenters. The average Bonchev–Trinajstić information content (AvgIpc) is 3.44. The van der Waals surface area contributed by atoms with E-state index < -0.39 is 0 Å². The number of aryl methyl sites for hydroxylation is 1. The molecule has 3 aromatic rings. The standard InChI is InChI=1S/C24H26ClN5O3S/c1-15-7-4-5-8-17(15)23(32)30-12-6-9-19(30)22-27-28-24(29(22)2)34-14-21(31)26-18-13-16(25)10-11-20(18)33-3/h4-5,7-8,10-11,13,19H,6,9,12,14H2,1-3H3,(H,26,31). The smallest absolute Gasteiger partial charge is 0.254 e. The second-order valence-corrected chi connectivity index (χ2v) is 9.43. The molecule has 2 amide bonds. The molecule has 0 saturated carbocycles. The third-order valence-electron chi connectivity index (χ3n) is 5.82. The van der Waals surface area contributed by atoms with Crippen LogP contribution in [-0.4, -0.2) is 50.9 Å². The first-order valence-corrected chi connectivity index (χ1v) is 12.3. The van der Waals surface area contributed by atoms with E-state index in [9.17, 15) is 9.59 Å². The second kappa shape index (κ2) is 10.5. The largest absolute Gasteiger partial charge is 0.495 e. The number of nitrogens with zero attached hydrogens (tertiary/aromatic N) is 4. The van der Waals surface area contributed by atoms with Crippen molar-refractivity contribution in [2.45, 2.75) is 31.0 Å². The molecule has 178 valence electrons. The summed E-state index contributed by atoms with van der Waals surface area (Å²) in [4.78, 5) is 27.6. The van der Waals surface area contributed by atoms with Crippen LogP contribution in [0.4, 0.5) is 5.69 Å². The molecule has 0 radical (unpaired) electrons. The number of nitrogens with one attached hydrogen (secondary N) is 1. The molecule has 8 nitrogen and oxygen atoms in total. The minimum atomic E-state index is -0.215. The molecular formula is C24H26ClN5O3S. The number of methoxy groups -OCH3 is 1. The Hall–Kier alpha value is -3.04. The van der Waals surface area contributed by atoms with Gasteiger partial charge in [-0.3, -0.25) is 9.59 Å². The van der Waals surface area contributed by atoms with Gasteiger partial charge in [0.05, 0.1) is 24.6 Å². The monoisotopic (exact) mass is 499 g/mol. The zero-order valence-electron chi connectivity index (χ0n) is 19.2. The molecule has 1 atom stereocenters. The fourth-order valence-corrected chi connectivity index (χ4v) is 4.97. The molecule has 0 spiro atoms. The van der Waals surface area contributed by atoms with Gasteiger partial charge in [0.25, 0.3) is 5.91 Å². The van der Waals surface area contributed by atoms with E-state index in [1.165, 1.54) is 18.9 Å². The van der Waals surface area contributed by atoms with E-state index in [-0.39, 0.29) is 23.6 Å². The van der Waals surface area contributed by atoms with Crippen molar-refractivity contribution in [2.75, 3.05) is 24.7 Å². The zero-order chi connectivity index (χ0) is 24.2. The van der Waals surface area contributed by atoms with E-state index in [0.29, 0.717) is 33.7 Å². The number of benzene rings is 2. The van der Waals surface area contributed by atoms with Gasteiger partial charge in [-0.05, 0) is 49.6 Å². The van der Waals surface area contributed by atoms with Gasteiger partial charge in [-0.15, -0.1) is 10.2 Å². The van der Waals surface area contributed by atoms with Gasteiger partial charge in [0.1, 0.15) is 5.75 Å². The third kappa shape index (κ3) is 5.05. The predicted molar refractivity (Wildman–Crippen MR) is 133 cm³/mol. The van der Waals surface area contributed by atoms with Crippen LogP contribution in [0, 0.1) is 6.92 Å². The minimum Gasteiger partial charge on any atom is -0.495 e. The Labute approximate surface area is 207 Å². The molecule has 1 aliphatic rings. The number of thioether (sulfide) groups is 1. The maximum absolute atomic E-state index is 13.2. The Morgan fingerprint density at radius 3 is 2.79 bits per heavy atom. The van der Waals surface area contributed by atoms with Crippen LogP contribution in [0.3, 0.4) is 0 Å². The molecule has 1 aromatic heterocycles. The first kappa shape index (κ1) is 24.1. The summed E-state index contributed by atoms with van der Waals surface area (Å²) in [7, 11) is 3.40. The highest BCUT2D eigenvalue weighted by Crippen LogP contribution is 2.34. The van der Waals surface area contributed by atoms with Gasteiger partial charge in [-0.1, -0.05) is 41.6 Å². The molecule has 1 aliphatic heterocycles. The molecule has 0 bridgehead atoms. The molecule has 2 heterocycles. The van der Waals surface area contributed by atoms with Crippen molar-refractivity contribution in [1.29, 1.82) is 0 Å². The van der Waals surface area contributed by atoms with E-state index in [2.05, 4.69) is 15.5 Å². The Bertz CT molecular complexity index is 1220. The third-order valence-corrected chi connectivity index (χ3v) is 7.08. The summed E-state index contributed by atoms with van der Waals surface area (Å²) in [5.74, 6) is 1.18. The number of aromatic nitrogens is 3. The van der Waals surface area contributed by atoms with E-state index in [1.54, 1.807) is 18.2 Å². The first-order valence-electron chi connectivity index (χ1n) is 10.9. The molecule has 4 rings (SSSR count). The van der Waals surface area contributed by atoms with Crippen molar-refractivity contribution in [2.24, 2.45) is 7.05 Å². The SMILES string of the molecule is COc1ccc(Cl)cc1NC(=O)CSc1nnc(C2CCCN2C(=O)c2ccccc2C)n1C. The quantitative estimate of drug-likeness (QED) is 0.482. The number of likely N-dealkylation sites (tertiary alicyclic amines) is 1. The van der Waals surface area contributed by atoms with Crippen LogP contribution in [0.15, 0.2) is 47.6 Å². The Kier molecular flexibility index (Phi) is 7.43. The molecule has 2 aromatic carbocycles. The van der Waals surface area contributed by atoms with Crippen molar-refractivity contribution >= 4 is 40.9 Å². The number of hydrogen-bond donors (Lipinski definition) is 1. The van der Waals surface area contributed by atoms with Crippen molar-refractivity contribution in [3.8, 4) is 5.75 Å². The highest BCUT2D eigenvalue weighted by atomic mass is 35.5. The maximum Gasteiger partial charge on any atom is 0.254 e. The molecule has 1 saturated heterocycles. The Morgan fingerprint density at radius 2 is 2.03 bits per heavy atom. The van der Waals surface area contributed by atoms with E-state index >= 15 is 0 Å². The van der Waals surface area contributed by atoms with E-state index in [4.69, 9.17) is 16.3 Å². The number of rotatable bonds is 7. The van der Waals surface area contributed by atoms with Crippen LogP contribution in [0.5, 0.6) is 5.75 Å². The summed E-state index contributed by atoms with van der Waals surface area (Å²) < 4.78 is 7.14. The van der Waals surface area contributed by atoms with Crippen LogP contribution in [0.25, 0.3) is 0 Å². The Balaban J connectivity index is 1.43. The van der Waals surface area contributed by atoms with E-state index in [1.807, 2.05) is 47.7 Å². The minimum absolute atomic E-state index is 0.00708. The van der Waals surface area contributed by atoms with Crippen LogP contribution < -0.4 is 10.1 Å². The maximum atomic E-state index is 13.2. The second-order valence-electron chi connectivity index (χ2n) is 8.05. The molecular weight excluding hydrogens is 474 g/mol. The van der Waals surface area contributed by atoms with Gasteiger partial charge in [-0.25, -0.2) is 0 Å². The average molecular weight is 500 g/mol. The van der Waals surface area contributed by atoms with Crippen LogP contribution in [0.2, 0.25) is 5.02 Å². The van der Waals surface area contributed by atoms with Gasteiger partial charge in [0.2, 0.25) is 5.91 Å². The number of amides is 2. The van der Waals surface area contributed by atoms with Crippen molar-refractivity contribution in [3.63, 3.8) is 0 Å². The normalized spacial score (nSPS) is 15.4. The van der Waals surface area contributed by atoms with Crippen LogP contribution in [0.1, 0.15) is 40.6 Å². The van der Waals surface area contributed by atoms with Crippen LogP contribution >= 0.6 is 23.4 Å². The number of ether oxygens (including phenoxy) is 1. The number of hydrogen-bond acceptors (Lipinski definition) is 6. The lowest BCUT2D eigenvalue weighted by Gasteiger charge is -2.24. The number of carbonyl (C=O) groups excluding carboxylic acids is 2. The summed E-state index contributed by atoms with van der Waals surface area (Å²) in [6, 6.07) is 12.5. The summed E-state index contributed by atoms with van der Waals surface area (Å²) in [5.41, 5.74) is 2.17. The lowest BCUT2D eigenvalue weighted by Crippen LogP contribution is -2.32. The lowest BCUT2D eigenvalue weighted by molar-refractivity contribution is -0.113. The number of anilines is 1. The van der Waals surface area contributed by atoms with Gasteiger partial charge in [0.15, 0.2) is 11.0 Å². The van der Waals surface area contributed by atoms with Crippen molar-refractivity contribution in [1.82, 2.24) is 19.7 Å². The molecule has 1 fully saturated rings. The van der Waals surface area contributed by atoms with Crippen LogP contribution in [-0.2, 0) is 11.8 Å². The highest BCUT2D eigenvalue weighted by Gasteiger charge is 2.34. The van der Waals surface area contributed by atoms with Gasteiger partial charge >= 0.3 is 0 Å². The van der Waals surface area contributed by atoms with Gasteiger partial charge < -0.3 is 19.5 Å². The number of carbonyl (C=O) groups is 2. The van der Waals surface area contributed by atoms with Gasteiger partial charge in [-0.2, -0.15) is 0 Å².